The summed E-state index contributed by atoms with van der Waals surface area (Å²) in [6.45, 7) is 4.25. The second kappa shape index (κ2) is 3.61. The first-order valence-electron chi connectivity index (χ1n) is 6.56. The number of hydrogen-bond donors (Lipinski definition) is 0. The lowest BCUT2D eigenvalue weighted by molar-refractivity contribution is 0.666. The average molecular weight is 246 g/mol. The molecule has 3 aromatic carbocycles. The van der Waals surface area contributed by atoms with Crippen LogP contribution in [0.25, 0.3) is 32.7 Å². The monoisotopic (exact) mass is 246 g/mol. The van der Waals surface area contributed by atoms with Gasteiger partial charge in [0.15, 0.2) is 0 Å². The van der Waals surface area contributed by atoms with Gasteiger partial charge in [-0.05, 0) is 41.8 Å². The molecule has 92 valence electrons. The lowest BCUT2D eigenvalue weighted by Crippen LogP contribution is -1.79. The molecule has 0 bridgehead atoms. The summed E-state index contributed by atoms with van der Waals surface area (Å²) in [6, 6.07) is 17.0. The fourth-order valence-electron chi connectivity index (χ4n) is 2.93. The number of furan rings is 1. The normalized spacial score (nSPS) is 11.7. The van der Waals surface area contributed by atoms with Gasteiger partial charge in [-0.3, -0.25) is 0 Å². The molecule has 1 aromatic heterocycles. The van der Waals surface area contributed by atoms with Gasteiger partial charge >= 0.3 is 0 Å². The number of hydrogen-bond acceptors (Lipinski definition) is 1. The fourth-order valence-corrected chi connectivity index (χ4v) is 2.93. The molecule has 19 heavy (non-hydrogen) atoms. The summed E-state index contributed by atoms with van der Waals surface area (Å²) < 4.78 is 6.07. The van der Waals surface area contributed by atoms with Crippen LogP contribution in [0.2, 0.25) is 0 Å². The topological polar surface area (TPSA) is 13.1 Å². The molecule has 0 radical (unpaired) electrons. The van der Waals surface area contributed by atoms with Gasteiger partial charge in [0.25, 0.3) is 0 Å². The maximum atomic E-state index is 6.07. The van der Waals surface area contributed by atoms with Crippen molar-refractivity contribution in [3.63, 3.8) is 0 Å². The average Bonchev–Trinajstić information content (AvgIpc) is 2.84. The molecule has 0 fully saturated rings. The van der Waals surface area contributed by atoms with Crippen molar-refractivity contribution < 1.29 is 4.42 Å². The zero-order valence-electron chi connectivity index (χ0n) is 11.0. The van der Waals surface area contributed by atoms with E-state index in [1.54, 1.807) is 0 Å². The predicted molar refractivity (Wildman–Crippen MR) is 80.7 cm³/mol. The molecular formula is C18H14O. The molecule has 1 heteroatoms. The summed E-state index contributed by atoms with van der Waals surface area (Å²) in [4.78, 5) is 0. The highest BCUT2D eigenvalue weighted by Crippen LogP contribution is 2.37. The van der Waals surface area contributed by atoms with E-state index >= 15 is 0 Å². The van der Waals surface area contributed by atoms with Gasteiger partial charge in [-0.25, -0.2) is 0 Å². The fraction of sp³-hybridized carbons (Fsp3) is 0.111. The first-order chi connectivity index (χ1) is 9.25. The van der Waals surface area contributed by atoms with Crippen molar-refractivity contribution in [2.24, 2.45) is 0 Å². The Morgan fingerprint density at radius 1 is 0.737 bits per heavy atom. The molecule has 0 aliphatic heterocycles. The molecule has 4 rings (SSSR count). The SMILES string of the molecule is Cc1ccc(C)c2c1oc1ccc3ccccc3c12. The van der Waals surface area contributed by atoms with Gasteiger partial charge in [0.1, 0.15) is 11.2 Å². The Labute approximate surface area is 111 Å². The van der Waals surface area contributed by atoms with Gasteiger partial charge in [0.2, 0.25) is 0 Å². The highest BCUT2D eigenvalue weighted by atomic mass is 16.3. The van der Waals surface area contributed by atoms with Crippen molar-refractivity contribution in [1.82, 2.24) is 0 Å². The lowest BCUT2D eigenvalue weighted by Gasteiger charge is -2.01. The molecule has 4 aromatic rings. The second-order valence-corrected chi connectivity index (χ2v) is 5.17. The molecule has 0 amide bonds. The third-order valence-corrected chi connectivity index (χ3v) is 3.92. The Hall–Kier alpha value is -2.28. The summed E-state index contributed by atoms with van der Waals surface area (Å²) in [7, 11) is 0. The maximum Gasteiger partial charge on any atom is 0.138 e. The predicted octanol–water partition coefficient (Wildman–Crippen LogP) is 5.36. The van der Waals surface area contributed by atoms with E-state index < -0.39 is 0 Å². The molecule has 0 unspecified atom stereocenters. The third kappa shape index (κ3) is 1.36. The van der Waals surface area contributed by atoms with E-state index in [1.165, 1.54) is 32.7 Å². The van der Waals surface area contributed by atoms with Gasteiger partial charge in [-0.15, -0.1) is 0 Å². The Morgan fingerprint density at radius 3 is 2.42 bits per heavy atom. The van der Waals surface area contributed by atoms with Crippen LogP contribution >= 0.6 is 0 Å². The van der Waals surface area contributed by atoms with Gasteiger partial charge in [-0.1, -0.05) is 42.5 Å². The van der Waals surface area contributed by atoms with Crippen molar-refractivity contribution in [2.75, 3.05) is 0 Å². The summed E-state index contributed by atoms with van der Waals surface area (Å²) in [5, 5.41) is 5.03. The summed E-state index contributed by atoms with van der Waals surface area (Å²) in [6.07, 6.45) is 0. The Balaban J connectivity index is 2.39. The molecule has 0 saturated carbocycles. The van der Waals surface area contributed by atoms with Crippen LogP contribution in [-0.4, -0.2) is 0 Å². The summed E-state index contributed by atoms with van der Waals surface area (Å²) in [5.74, 6) is 0. The van der Waals surface area contributed by atoms with Crippen LogP contribution in [0.1, 0.15) is 11.1 Å². The minimum Gasteiger partial charge on any atom is -0.456 e. The van der Waals surface area contributed by atoms with E-state index in [1.807, 2.05) is 0 Å². The van der Waals surface area contributed by atoms with Crippen LogP contribution in [0.4, 0.5) is 0 Å². The highest BCUT2D eigenvalue weighted by molar-refractivity contribution is 6.20. The van der Waals surface area contributed by atoms with Crippen molar-refractivity contribution in [2.45, 2.75) is 13.8 Å². The molecule has 1 nitrogen and oxygen atoms in total. The number of benzene rings is 3. The number of aryl methyl sites for hydroxylation is 2. The Morgan fingerprint density at radius 2 is 1.53 bits per heavy atom. The van der Waals surface area contributed by atoms with E-state index in [2.05, 4.69) is 62.4 Å². The molecule has 0 aliphatic rings. The molecule has 0 spiro atoms. The van der Waals surface area contributed by atoms with E-state index in [0.29, 0.717) is 0 Å². The number of rotatable bonds is 0. The van der Waals surface area contributed by atoms with Crippen LogP contribution in [0.15, 0.2) is 52.9 Å². The Bertz CT molecular complexity index is 929. The summed E-state index contributed by atoms with van der Waals surface area (Å²) in [5.41, 5.74) is 4.47. The van der Waals surface area contributed by atoms with Crippen LogP contribution in [0.5, 0.6) is 0 Å². The van der Waals surface area contributed by atoms with E-state index in [9.17, 15) is 0 Å². The van der Waals surface area contributed by atoms with Gasteiger partial charge < -0.3 is 4.42 Å². The lowest BCUT2D eigenvalue weighted by atomic mass is 10.00. The molecule has 0 saturated heterocycles. The van der Waals surface area contributed by atoms with E-state index in [4.69, 9.17) is 4.42 Å². The number of fused-ring (bicyclic) bond motifs is 5. The molecular weight excluding hydrogens is 232 g/mol. The minimum atomic E-state index is 0.978. The zero-order chi connectivity index (χ0) is 13.0. The summed E-state index contributed by atoms with van der Waals surface area (Å²) >= 11 is 0. The van der Waals surface area contributed by atoms with Crippen LogP contribution < -0.4 is 0 Å². The first kappa shape index (κ1) is 10.6. The molecule has 1 heterocycles. The quantitative estimate of drug-likeness (QED) is 0.407. The van der Waals surface area contributed by atoms with Crippen molar-refractivity contribution in [3.8, 4) is 0 Å². The first-order valence-corrected chi connectivity index (χ1v) is 6.56. The maximum absolute atomic E-state index is 6.07. The van der Waals surface area contributed by atoms with Crippen LogP contribution in [0, 0.1) is 13.8 Å². The Kier molecular flexibility index (Phi) is 2.02. The zero-order valence-corrected chi connectivity index (χ0v) is 11.0. The third-order valence-electron chi connectivity index (χ3n) is 3.92. The van der Waals surface area contributed by atoms with Crippen LogP contribution in [0.3, 0.4) is 0 Å². The standard InChI is InChI=1S/C18H14O/c1-11-7-8-12(2)18-16(11)17-14-6-4-3-5-13(14)9-10-15(17)19-18/h3-10H,1-2H3. The molecule has 0 N–H and O–H groups in total. The van der Waals surface area contributed by atoms with Gasteiger partial charge in [-0.2, -0.15) is 0 Å². The van der Waals surface area contributed by atoms with Gasteiger partial charge in [0.05, 0.1) is 0 Å². The highest BCUT2D eigenvalue weighted by Gasteiger charge is 2.13. The van der Waals surface area contributed by atoms with Crippen molar-refractivity contribution >= 4 is 32.7 Å². The smallest absolute Gasteiger partial charge is 0.138 e. The van der Waals surface area contributed by atoms with E-state index in [-0.39, 0.29) is 0 Å². The van der Waals surface area contributed by atoms with Crippen molar-refractivity contribution in [1.29, 1.82) is 0 Å². The largest absolute Gasteiger partial charge is 0.456 e. The molecule has 0 atom stereocenters. The van der Waals surface area contributed by atoms with E-state index in [0.717, 1.165) is 11.2 Å². The van der Waals surface area contributed by atoms with Crippen molar-refractivity contribution in [3.05, 3.63) is 59.7 Å². The van der Waals surface area contributed by atoms with Crippen LogP contribution in [-0.2, 0) is 0 Å². The second-order valence-electron chi connectivity index (χ2n) is 5.17. The molecule has 0 aliphatic carbocycles. The van der Waals surface area contributed by atoms with Gasteiger partial charge in [0, 0.05) is 10.8 Å². The minimum absolute atomic E-state index is 0.978.